The van der Waals surface area contributed by atoms with E-state index < -0.39 is 11.1 Å². The number of hydrogen-bond acceptors (Lipinski definition) is 8. The van der Waals surface area contributed by atoms with Gasteiger partial charge in [0, 0.05) is 42.9 Å². The van der Waals surface area contributed by atoms with Crippen molar-refractivity contribution in [2.24, 2.45) is 47.3 Å². The Labute approximate surface area is 669 Å². The van der Waals surface area contributed by atoms with Gasteiger partial charge in [0.2, 0.25) is 0 Å². The summed E-state index contributed by atoms with van der Waals surface area (Å²) in [6, 6.07) is 3.16. The lowest BCUT2D eigenvalue weighted by Crippen LogP contribution is -2.49. The van der Waals surface area contributed by atoms with Crippen molar-refractivity contribution in [3.05, 3.63) is 77.9 Å². The molecule has 4 aliphatic rings. The van der Waals surface area contributed by atoms with Crippen LogP contribution in [0.5, 0.6) is 0 Å². The molecule has 2 saturated carbocycles. The van der Waals surface area contributed by atoms with Crippen molar-refractivity contribution >= 4 is 45.2 Å². The Morgan fingerprint density at radius 1 is 0.291 bits per heavy atom. The summed E-state index contributed by atoms with van der Waals surface area (Å²) in [7, 11) is 0. The van der Waals surface area contributed by atoms with Gasteiger partial charge in [-0.05, 0) is 163 Å². The number of hydrogen-bond donors (Lipinski definition) is 0. The fourth-order valence-electron chi connectivity index (χ4n) is 21.8. The summed E-state index contributed by atoms with van der Waals surface area (Å²) in [5.74, 6) is 6.01. The average molecular weight is 1520 g/mol. The van der Waals surface area contributed by atoms with Gasteiger partial charge in [0.05, 0.1) is 27.1 Å². The maximum Gasteiger partial charge on any atom is 0.262 e. The topological polar surface area (TPSA) is 153 Å². The van der Waals surface area contributed by atoms with Gasteiger partial charge in [0.1, 0.15) is 0 Å². The van der Waals surface area contributed by atoms with Gasteiger partial charge in [-0.1, -0.05) is 337 Å². The minimum Gasteiger partial charge on any atom is -0.275 e. The van der Waals surface area contributed by atoms with Gasteiger partial charge in [-0.15, -0.1) is 0 Å². The van der Waals surface area contributed by atoms with E-state index in [0.29, 0.717) is 25.9 Å². The summed E-state index contributed by atoms with van der Waals surface area (Å²) in [5.41, 5.74) is -2.38. The normalized spacial score (nSPS) is 21.1. The molecule has 7 rings (SSSR count). The lowest BCUT2D eigenvalue weighted by molar-refractivity contribution is -0.144. The van der Waals surface area contributed by atoms with Crippen LogP contribution < -0.4 is 22.2 Å². The molecule has 12 nitrogen and oxygen atoms in total. The minimum atomic E-state index is -0.633. The molecule has 4 heterocycles. The molecule has 0 N–H and O–H groups in total. The Kier molecular flexibility index (Phi) is 43.1. The number of benzene rings is 1. The molecule has 2 aliphatic heterocycles. The maximum absolute atomic E-state index is 14.6. The van der Waals surface area contributed by atoms with E-state index in [1.807, 2.05) is 0 Å². The van der Waals surface area contributed by atoms with Crippen LogP contribution >= 0.6 is 0 Å². The number of imide groups is 2. The van der Waals surface area contributed by atoms with Crippen molar-refractivity contribution in [1.82, 2.24) is 18.9 Å². The first-order chi connectivity index (χ1) is 53.6. The molecule has 2 aromatic heterocycles. The van der Waals surface area contributed by atoms with Gasteiger partial charge in [-0.3, -0.25) is 57.3 Å². The second-order valence-electron chi connectivity index (χ2n) is 36.4. The number of carbonyl (C=O) groups excluding carboxylic acids is 4. The molecule has 9 unspecified atom stereocenters. The van der Waals surface area contributed by atoms with Crippen LogP contribution in [0.1, 0.15) is 441 Å². The SMILES string of the molecule is CCCCCCCCC1C(CCCCCC)CCC(CCCCCCCCn2c(=O)c3cc4c(=O)n(C(CC)(CC)CCCCCCCC5CCC(CCCCCC)C(CCCCCCCC)C5CCCCCCCCN5C(=O)C=CC5=O)c(=O)c4cc3c2=O)C1CCCCCCCCC(C)(CC)N1C(=O)C=CC1=O. The standard InChI is InChI=1S/C98H162N4O8/c1-9-16-20-24-35-47-59-81-77(55-43-22-18-11-3)63-65-79(83(81)61-49-37-26-29-39-51-71-97(8,13-5)101-91(105)69-70-92(101)106)57-45-33-27-30-42-54-74-100-93(107)85-75-87-88(76-86(85)94(100)108)96(110)102(95(87)109)98(14-6,15-7)72-52-40-32-34-46-58-80-66-64-78(56-44-23-19-12-4)82(60-48-36-25-21-17-10-2)84(80)62-50-38-28-31-41-53-73-99-89(103)67-68-90(99)104/h67-70,75-84H,9-66,71-74H2,1-8H3. The van der Waals surface area contributed by atoms with Crippen LogP contribution in [0.2, 0.25) is 0 Å². The van der Waals surface area contributed by atoms with E-state index in [1.165, 1.54) is 319 Å². The number of fused-ring (bicyclic) bond motifs is 2. The number of aromatic nitrogens is 2. The lowest BCUT2D eigenvalue weighted by Gasteiger charge is -2.44. The zero-order chi connectivity index (χ0) is 78.9. The summed E-state index contributed by atoms with van der Waals surface area (Å²) >= 11 is 0. The number of unbranched alkanes of at least 4 members (excludes halogenated alkanes) is 35. The van der Waals surface area contributed by atoms with Gasteiger partial charge in [0.15, 0.2) is 0 Å². The Hall–Kier alpha value is -4.74. The van der Waals surface area contributed by atoms with Gasteiger partial charge in [-0.2, -0.15) is 0 Å². The molecule has 9 atom stereocenters. The first-order valence-corrected chi connectivity index (χ1v) is 47.6. The van der Waals surface area contributed by atoms with Crippen LogP contribution in [0.15, 0.2) is 55.6 Å². The average Bonchev–Trinajstić information content (AvgIpc) is 1.57. The zero-order valence-electron chi connectivity index (χ0n) is 72.0. The molecule has 622 valence electrons. The first-order valence-electron chi connectivity index (χ1n) is 47.6. The molecule has 0 radical (unpaired) electrons. The summed E-state index contributed by atoms with van der Waals surface area (Å²) < 4.78 is 2.89. The largest absolute Gasteiger partial charge is 0.275 e. The molecule has 2 aliphatic carbocycles. The molecule has 3 aromatic rings. The first kappa shape index (κ1) is 92.4. The molecule has 4 amide bonds. The summed E-state index contributed by atoms with van der Waals surface area (Å²) in [5, 5.41) is 1.05. The summed E-state index contributed by atoms with van der Waals surface area (Å²) in [4.78, 5) is 110. The van der Waals surface area contributed by atoms with E-state index in [9.17, 15) is 38.4 Å². The van der Waals surface area contributed by atoms with Gasteiger partial charge < -0.3 is 0 Å². The van der Waals surface area contributed by atoms with Crippen LogP contribution in [-0.4, -0.2) is 54.6 Å². The van der Waals surface area contributed by atoms with Gasteiger partial charge >= 0.3 is 0 Å². The summed E-state index contributed by atoms with van der Waals surface area (Å²) in [6.45, 7) is 18.6. The number of nitrogens with zero attached hydrogens (tertiary/aromatic N) is 4. The van der Waals surface area contributed by atoms with E-state index in [0.717, 1.165) is 144 Å². The van der Waals surface area contributed by atoms with E-state index >= 15 is 0 Å². The molecular formula is C98H162N4O8. The zero-order valence-corrected chi connectivity index (χ0v) is 72.0. The van der Waals surface area contributed by atoms with Crippen molar-refractivity contribution in [1.29, 1.82) is 0 Å². The Morgan fingerprint density at radius 2 is 0.564 bits per heavy atom. The Bertz CT molecular complexity index is 3300. The molecule has 1 aromatic carbocycles. The Morgan fingerprint density at radius 3 is 0.900 bits per heavy atom. The van der Waals surface area contributed by atoms with Crippen molar-refractivity contribution in [2.45, 2.75) is 458 Å². The van der Waals surface area contributed by atoms with Crippen LogP contribution in [0.3, 0.4) is 0 Å². The smallest absolute Gasteiger partial charge is 0.262 e. The highest BCUT2D eigenvalue weighted by Gasteiger charge is 2.42. The van der Waals surface area contributed by atoms with Crippen molar-refractivity contribution < 1.29 is 19.2 Å². The third-order valence-electron chi connectivity index (χ3n) is 28.9. The van der Waals surface area contributed by atoms with Crippen molar-refractivity contribution in [2.75, 3.05) is 6.54 Å². The van der Waals surface area contributed by atoms with Crippen LogP contribution in [0.25, 0.3) is 21.5 Å². The predicted octanol–water partition coefficient (Wildman–Crippen LogP) is 25.7. The highest BCUT2D eigenvalue weighted by Crippen LogP contribution is 2.50. The highest BCUT2D eigenvalue weighted by molar-refractivity contribution is 6.14. The van der Waals surface area contributed by atoms with E-state index in [2.05, 4.69) is 55.4 Å². The quantitative estimate of drug-likeness (QED) is 0.0400. The van der Waals surface area contributed by atoms with E-state index in [4.69, 9.17) is 0 Å². The van der Waals surface area contributed by atoms with Crippen LogP contribution in [0, 0.1) is 47.3 Å². The second-order valence-corrected chi connectivity index (χ2v) is 36.4. The number of rotatable bonds is 64. The number of carbonyl (C=O) groups is 4. The fraction of sp³-hybridized carbons (Fsp3) is 0.816. The lowest BCUT2D eigenvalue weighted by atomic mass is 9.61. The molecule has 110 heavy (non-hydrogen) atoms. The molecule has 0 spiro atoms. The maximum atomic E-state index is 14.6. The predicted molar refractivity (Wildman–Crippen MR) is 463 cm³/mol. The highest BCUT2D eigenvalue weighted by atomic mass is 16.2. The molecular weight excluding hydrogens is 1360 g/mol. The monoisotopic (exact) mass is 1520 g/mol. The van der Waals surface area contributed by atoms with Crippen molar-refractivity contribution in [3.8, 4) is 0 Å². The fourth-order valence-corrected chi connectivity index (χ4v) is 21.8. The molecule has 12 heteroatoms. The third kappa shape index (κ3) is 27.8. The summed E-state index contributed by atoms with van der Waals surface area (Å²) in [6.07, 6.45) is 79.2. The molecule has 0 saturated heterocycles. The van der Waals surface area contributed by atoms with Gasteiger partial charge in [-0.25, -0.2) is 0 Å². The second kappa shape index (κ2) is 51.3. The third-order valence-corrected chi connectivity index (χ3v) is 28.9. The van der Waals surface area contributed by atoms with Crippen molar-refractivity contribution in [3.63, 3.8) is 0 Å². The number of amides is 4. The molecule has 2 fully saturated rings. The van der Waals surface area contributed by atoms with Crippen LogP contribution in [0.4, 0.5) is 0 Å². The minimum absolute atomic E-state index is 0.164. The van der Waals surface area contributed by atoms with E-state index in [-0.39, 0.29) is 67.4 Å². The van der Waals surface area contributed by atoms with Crippen LogP contribution in [-0.2, 0) is 31.3 Å². The van der Waals surface area contributed by atoms with Gasteiger partial charge in [0.25, 0.3) is 45.9 Å². The Balaban J connectivity index is 0.883. The molecule has 0 bridgehead atoms. The van der Waals surface area contributed by atoms with E-state index in [1.54, 1.807) is 12.1 Å².